The Balaban J connectivity index is 1.58. The third-order valence-corrected chi connectivity index (χ3v) is 5.90. The first-order valence-corrected chi connectivity index (χ1v) is 9.84. The van der Waals surface area contributed by atoms with E-state index in [1.165, 1.54) is 0 Å². The Hall–Kier alpha value is -3.63. The van der Waals surface area contributed by atoms with Crippen molar-refractivity contribution in [3.05, 3.63) is 59.4 Å². The summed E-state index contributed by atoms with van der Waals surface area (Å²) in [5, 5.41) is 22.9. The summed E-state index contributed by atoms with van der Waals surface area (Å²) < 4.78 is 10.9. The molecule has 2 aromatic carbocycles. The lowest BCUT2D eigenvalue weighted by Crippen LogP contribution is -2.14. The van der Waals surface area contributed by atoms with Crippen LogP contribution >= 0.6 is 0 Å². The molecule has 2 atom stereocenters. The number of fused-ring (bicyclic) bond motifs is 3. The van der Waals surface area contributed by atoms with Gasteiger partial charge < -0.3 is 14.8 Å². The average molecular weight is 399 g/mol. The fourth-order valence-corrected chi connectivity index (χ4v) is 4.44. The number of rotatable bonds is 4. The molecule has 2 aromatic heterocycles. The second kappa shape index (κ2) is 7.32. The molecule has 0 bridgehead atoms. The molecule has 1 fully saturated rings. The zero-order chi connectivity index (χ0) is 20.7. The smallest absolute Gasteiger partial charge is 0.162 e. The number of aromatic amines is 1. The Morgan fingerprint density at radius 2 is 1.93 bits per heavy atom. The number of aromatic nitrogens is 3. The summed E-state index contributed by atoms with van der Waals surface area (Å²) >= 11 is 0. The van der Waals surface area contributed by atoms with Gasteiger partial charge in [-0.2, -0.15) is 10.4 Å². The van der Waals surface area contributed by atoms with Crippen molar-refractivity contribution in [2.75, 3.05) is 20.8 Å². The van der Waals surface area contributed by atoms with Gasteiger partial charge in [-0.25, -0.2) is 0 Å². The van der Waals surface area contributed by atoms with Gasteiger partial charge in [-0.1, -0.05) is 18.2 Å². The molecule has 0 radical (unpaired) electrons. The van der Waals surface area contributed by atoms with E-state index in [4.69, 9.17) is 9.47 Å². The number of ether oxygens (including phenoxy) is 2. The molecular weight excluding hydrogens is 378 g/mol. The van der Waals surface area contributed by atoms with E-state index >= 15 is 0 Å². The van der Waals surface area contributed by atoms with Crippen LogP contribution < -0.4 is 14.8 Å². The second-order valence-corrected chi connectivity index (χ2v) is 7.47. The van der Waals surface area contributed by atoms with Crippen molar-refractivity contribution in [2.24, 2.45) is 0 Å². The van der Waals surface area contributed by atoms with E-state index in [0.717, 1.165) is 46.0 Å². The third-order valence-electron chi connectivity index (χ3n) is 5.90. The maximum Gasteiger partial charge on any atom is 0.162 e. The van der Waals surface area contributed by atoms with Crippen molar-refractivity contribution >= 4 is 21.8 Å². The van der Waals surface area contributed by atoms with E-state index in [9.17, 15) is 5.26 Å². The van der Waals surface area contributed by atoms with Crippen LogP contribution in [-0.4, -0.2) is 35.9 Å². The Morgan fingerprint density at radius 3 is 2.73 bits per heavy atom. The summed E-state index contributed by atoms with van der Waals surface area (Å²) in [5.74, 6) is 1.53. The summed E-state index contributed by atoms with van der Waals surface area (Å²) in [5.41, 5.74) is 4.49. The highest BCUT2D eigenvalue weighted by molar-refractivity contribution is 6.06. The van der Waals surface area contributed by atoms with Crippen LogP contribution in [0.1, 0.15) is 35.2 Å². The summed E-state index contributed by atoms with van der Waals surface area (Å²) in [6, 6.07) is 14.1. The van der Waals surface area contributed by atoms with Crippen LogP contribution in [-0.2, 0) is 0 Å². The maximum absolute atomic E-state index is 9.46. The van der Waals surface area contributed by atoms with Gasteiger partial charge in [0.05, 0.1) is 48.8 Å². The van der Waals surface area contributed by atoms with Crippen molar-refractivity contribution in [2.45, 2.75) is 18.4 Å². The summed E-state index contributed by atoms with van der Waals surface area (Å²) in [6.07, 6.45) is 2.68. The molecule has 7 heteroatoms. The van der Waals surface area contributed by atoms with E-state index in [1.54, 1.807) is 14.2 Å². The number of benzene rings is 2. The Labute approximate surface area is 173 Å². The van der Waals surface area contributed by atoms with Crippen molar-refractivity contribution in [1.82, 2.24) is 20.5 Å². The lowest BCUT2D eigenvalue weighted by atomic mass is 9.93. The zero-order valence-corrected chi connectivity index (χ0v) is 16.8. The van der Waals surface area contributed by atoms with Crippen LogP contribution in [0.3, 0.4) is 0 Å². The molecule has 30 heavy (non-hydrogen) atoms. The predicted molar refractivity (Wildman–Crippen MR) is 114 cm³/mol. The van der Waals surface area contributed by atoms with Crippen LogP contribution in [0.25, 0.3) is 21.8 Å². The van der Waals surface area contributed by atoms with Crippen LogP contribution in [0, 0.1) is 11.3 Å². The molecule has 5 rings (SSSR count). The number of nitrogens with one attached hydrogen (secondary N) is 2. The van der Waals surface area contributed by atoms with Gasteiger partial charge in [0.1, 0.15) is 0 Å². The summed E-state index contributed by atoms with van der Waals surface area (Å²) in [7, 11) is 3.25. The van der Waals surface area contributed by atoms with Gasteiger partial charge in [0, 0.05) is 35.3 Å². The number of nitriles is 1. The first kappa shape index (κ1) is 18.4. The first-order valence-electron chi connectivity index (χ1n) is 9.84. The highest BCUT2D eigenvalue weighted by Gasteiger charge is 2.31. The number of nitrogens with zero attached hydrogens (tertiary/aromatic N) is 3. The highest BCUT2D eigenvalue weighted by atomic mass is 16.5. The van der Waals surface area contributed by atoms with E-state index < -0.39 is 0 Å². The Kier molecular flexibility index (Phi) is 4.49. The number of hydrogen-bond acceptors (Lipinski definition) is 6. The fourth-order valence-electron chi connectivity index (χ4n) is 4.44. The first-order chi connectivity index (χ1) is 14.7. The molecule has 2 N–H and O–H groups in total. The fraction of sp³-hybridized carbons (Fsp3) is 0.261. The van der Waals surface area contributed by atoms with E-state index in [-0.39, 0.29) is 12.0 Å². The summed E-state index contributed by atoms with van der Waals surface area (Å²) in [4.78, 5) is 4.56. The van der Waals surface area contributed by atoms with Crippen molar-refractivity contribution in [3.63, 3.8) is 0 Å². The van der Waals surface area contributed by atoms with Crippen molar-refractivity contribution in [3.8, 4) is 17.6 Å². The van der Waals surface area contributed by atoms with Gasteiger partial charge in [0.2, 0.25) is 0 Å². The second-order valence-electron chi connectivity index (χ2n) is 7.47. The van der Waals surface area contributed by atoms with Crippen molar-refractivity contribution in [1.29, 1.82) is 5.26 Å². The van der Waals surface area contributed by atoms with E-state index in [0.29, 0.717) is 17.1 Å². The standard InChI is InChI=1S/C23H21N5O2/c1-29-20-8-16-18(9-21(20)30-2)26-12-19-22(16)23(28-27-19)14-7-17(25-11-14)15-6-4-3-5-13(15)10-24/h3-6,8-9,12,14,17,25H,7,11H2,1-2H3,(H,27,28). The molecule has 150 valence electrons. The molecule has 0 saturated carbocycles. The van der Waals surface area contributed by atoms with E-state index in [1.807, 2.05) is 42.6 Å². The maximum atomic E-state index is 9.46. The Bertz CT molecular complexity index is 1290. The van der Waals surface area contributed by atoms with Gasteiger partial charge in [-0.3, -0.25) is 10.1 Å². The van der Waals surface area contributed by atoms with E-state index in [2.05, 4.69) is 26.6 Å². The average Bonchev–Trinajstić information content (AvgIpc) is 3.45. The molecule has 1 saturated heterocycles. The monoisotopic (exact) mass is 399 g/mol. The van der Waals surface area contributed by atoms with Gasteiger partial charge in [0.25, 0.3) is 0 Å². The predicted octanol–water partition coefficient (Wildman–Crippen LogP) is 3.82. The molecule has 7 nitrogen and oxygen atoms in total. The van der Waals surface area contributed by atoms with Crippen LogP contribution in [0.5, 0.6) is 11.5 Å². The minimum atomic E-state index is 0.125. The largest absolute Gasteiger partial charge is 0.493 e. The lowest BCUT2D eigenvalue weighted by molar-refractivity contribution is 0.356. The van der Waals surface area contributed by atoms with Gasteiger partial charge in [0.15, 0.2) is 11.5 Å². The molecule has 0 aliphatic carbocycles. The number of methoxy groups -OCH3 is 2. The minimum absolute atomic E-state index is 0.125. The van der Waals surface area contributed by atoms with Crippen molar-refractivity contribution < 1.29 is 9.47 Å². The SMILES string of the molecule is COc1cc2ncc3[nH]nc(C4CNC(c5ccccc5C#N)C4)c3c2cc1OC. The minimum Gasteiger partial charge on any atom is -0.493 e. The molecule has 4 aromatic rings. The third kappa shape index (κ3) is 2.85. The van der Waals surface area contributed by atoms with Gasteiger partial charge >= 0.3 is 0 Å². The van der Waals surface area contributed by atoms with Gasteiger partial charge in [-0.05, 0) is 24.1 Å². The molecule has 2 unspecified atom stereocenters. The quantitative estimate of drug-likeness (QED) is 0.542. The van der Waals surface area contributed by atoms with Gasteiger partial charge in [-0.15, -0.1) is 0 Å². The highest BCUT2D eigenvalue weighted by Crippen LogP contribution is 2.40. The number of pyridine rings is 1. The van der Waals surface area contributed by atoms with Crippen LogP contribution in [0.4, 0.5) is 0 Å². The zero-order valence-electron chi connectivity index (χ0n) is 16.8. The number of hydrogen-bond donors (Lipinski definition) is 2. The molecule has 0 spiro atoms. The number of H-pyrrole nitrogens is 1. The lowest BCUT2D eigenvalue weighted by Gasteiger charge is -2.13. The molecule has 3 heterocycles. The molecule has 0 amide bonds. The topological polar surface area (TPSA) is 95.9 Å². The van der Waals surface area contributed by atoms with Crippen LogP contribution in [0.15, 0.2) is 42.6 Å². The van der Waals surface area contributed by atoms with Crippen LogP contribution in [0.2, 0.25) is 0 Å². The summed E-state index contributed by atoms with van der Waals surface area (Å²) in [6.45, 7) is 0.793. The molecule has 1 aliphatic rings. The molecule has 1 aliphatic heterocycles. The Morgan fingerprint density at radius 1 is 1.13 bits per heavy atom. The normalized spacial score (nSPS) is 18.6. The molecular formula is C23H21N5O2.